The second-order valence-corrected chi connectivity index (χ2v) is 6.56. The predicted molar refractivity (Wildman–Crippen MR) is 68.6 cm³/mol. The van der Waals surface area contributed by atoms with Crippen molar-refractivity contribution < 1.29 is 8.42 Å². The zero-order valence-corrected chi connectivity index (χ0v) is 11.5. The first kappa shape index (κ1) is 14.2. The van der Waals surface area contributed by atoms with Gasteiger partial charge >= 0.3 is 0 Å². The van der Waals surface area contributed by atoms with Gasteiger partial charge in [-0.25, -0.2) is 8.42 Å². The number of hydrogen-bond acceptors (Lipinski definition) is 4. The molecule has 1 rings (SSSR count). The Morgan fingerprint density at radius 1 is 1.53 bits per heavy atom. The van der Waals surface area contributed by atoms with Crippen molar-refractivity contribution in [3.63, 3.8) is 0 Å². The summed E-state index contributed by atoms with van der Waals surface area (Å²) in [5.74, 6) is 0.213. The molecule has 1 aromatic heterocycles. The second kappa shape index (κ2) is 6.16. The molecular formula is C11H21N3O2S. The fraction of sp³-hybridized carbons (Fsp3) is 0.727. The minimum Gasteiger partial charge on any atom is -0.310 e. The Kier molecular flexibility index (Phi) is 5.14. The first-order valence-electron chi connectivity index (χ1n) is 5.86. The van der Waals surface area contributed by atoms with E-state index in [1.165, 1.54) is 6.26 Å². The second-order valence-electron chi connectivity index (χ2n) is 4.30. The van der Waals surface area contributed by atoms with E-state index in [4.69, 9.17) is 0 Å². The summed E-state index contributed by atoms with van der Waals surface area (Å²) in [6, 6.07) is 0.281. The lowest BCUT2D eigenvalue weighted by molar-refractivity contribution is 0.572. The maximum atomic E-state index is 11.0. The SMILES string of the molecule is CCNC(C)c1cnn(CCCS(C)(=O)=O)c1. The lowest BCUT2D eigenvalue weighted by Crippen LogP contribution is -2.17. The van der Waals surface area contributed by atoms with E-state index >= 15 is 0 Å². The molecule has 0 aliphatic carbocycles. The van der Waals surface area contributed by atoms with Crippen LogP contribution in [0.4, 0.5) is 0 Å². The average molecular weight is 259 g/mol. The zero-order valence-electron chi connectivity index (χ0n) is 10.7. The van der Waals surface area contributed by atoms with Gasteiger partial charge in [0, 0.05) is 30.6 Å². The van der Waals surface area contributed by atoms with Crippen molar-refractivity contribution in [1.82, 2.24) is 15.1 Å². The van der Waals surface area contributed by atoms with Crippen LogP contribution in [-0.2, 0) is 16.4 Å². The van der Waals surface area contributed by atoms with Gasteiger partial charge in [0.15, 0.2) is 0 Å². The number of nitrogens with one attached hydrogen (secondary N) is 1. The van der Waals surface area contributed by atoms with Gasteiger partial charge in [0.1, 0.15) is 9.84 Å². The highest BCUT2D eigenvalue weighted by molar-refractivity contribution is 7.90. The summed E-state index contributed by atoms with van der Waals surface area (Å²) in [5, 5.41) is 7.53. The fourth-order valence-corrected chi connectivity index (χ4v) is 2.29. The summed E-state index contributed by atoms with van der Waals surface area (Å²) in [5.41, 5.74) is 1.13. The van der Waals surface area contributed by atoms with Gasteiger partial charge < -0.3 is 5.32 Å². The van der Waals surface area contributed by atoms with Crippen molar-refractivity contribution in [2.24, 2.45) is 0 Å². The van der Waals surface area contributed by atoms with Crippen molar-refractivity contribution >= 4 is 9.84 Å². The smallest absolute Gasteiger partial charge is 0.147 e. The van der Waals surface area contributed by atoms with E-state index in [0.29, 0.717) is 13.0 Å². The number of hydrogen-bond donors (Lipinski definition) is 1. The summed E-state index contributed by atoms with van der Waals surface area (Å²) in [4.78, 5) is 0. The summed E-state index contributed by atoms with van der Waals surface area (Å²) < 4.78 is 23.8. The van der Waals surface area contributed by atoms with Crippen molar-refractivity contribution in [3.05, 3.63) is 18.0 Å². The molecule has 0 radical (unpaired) electrons. The molecule has 1 aromatic rings. The number of nitrogens with zero attached hydrogens (tertiary/aromatic N) is 2. The third kappa shape index (κ3) is 5.32. The Morgan fingerprint density at radius 2 is 2.24 bits per heavy atom. The monoisotopic (exact) mass is 259 g/mol. The first-order chi connectivity index (χ1) is 7.92. The third-order valence-electron chi connectivity index (χ3n) is 2.57. The third-order valence-corrected chi connectivity index (χ3v) is 3.60. The van der Waals surface area contributed by atoms with E-state index in [2.05, 4.69) is 24.3 Å². The van der Waals surface area contributed by atoms with Crippen LogP contribution in [-0.4, -0.2) is 36.8 Å². The van der Waals surface area contributed by atoms with Gasteiger partial charge in [-0.15, -0.1) is 0 Å². The largest absolute Gasteiger partial charge is 0.310 e. The van der Waals surface area contributed by atoms with Crippen LogP contribution in [0, 0.1) is 0 Å². The molecule has 6 heteroatoms. The van der Waals surface area contributed by atoms with Crippen LogP contribution in [0.15, 0.2) is 12.4 Å². The van der Waals surface area contributed by atoms with E-state index < -0.39 is 9.84 Å². The fourth-order valence-electron chi connectivity index (χ4n) is 1.64. The molecule has 0 aliphatic rings. The van der Waals surface area contributed by atoms with Gasteiger partial charge in [-0.3, -0.25) is 4.68 Å². The first-order valence-corrected chi connectivity index (χ1v) is 7.92. The van der Waals surface area contributed by atoms with Gasteiger partial charge in [0.25, 0.3) is 0 Å². The molecule has 5 nitrogen and oxygen atoms in total. The molecule has 1 N–H and O–H groups in total. The molecule has 0 saturated heterocycles. The minimum absolute atomic E-state index is 0.213. The Labute approximate surface area is 103 Å². The Morgan fingerprint density at radius 3 is 2.82 bits per heavy atom. The van der Waals surface area contributed by atoms with E-state index in [1.807, 2.05) is 12.4 Å². The number of rotatable bonds is 7. The van der Waals surface area contributed by atoms with E-state index in [1.54, 1.807) is 4.68 Å². The van der Waals surface area contributed by atoms with Gasteiger partial charge in [-0.05, 0) is 19.9 Å². The maximum Gasteiger partial charge on any atom is 0.147 e. The molecule has 0 aliphatic heterocycles. The molecule has 0 bridgehead atoms. The van der Waals surface area contributed by atoms with Crippen molar-refractivity contribution in [2.45, 2.75) is 32.9 Å². The van der Waals surface area contributed by atoms with Crippen LogP contribution in [0.1, 0.15) is 31.9 Å². The van der Waals surface area contributed by atoms with Crippen LogP contribution >= 0.6 is 0 Å². The van der Waals surface area contributed by atoms with Crippen LogP contribution in [0.25, 0.3) is 0 Å². The van der Waals surface area contributed by atoms with Crippen LogP contribution in [0.2, 0.25) is 0 Å². The lowest BCUT2D eigenvalue weighted by atomic mass is 10.2. The highest BCUT2D eigenvalue weighted by Gasteiger charge is 2.07. The molecular weight excluding hydrogens is 238 g/mol. The highest BCUT2D eigenvalue weighted by atomic mass is 32.2. The van der Waals surface area contributed by atoms with Gasteiger partial charge in [-0.1, -0.05) is 6.92 Å². The topological polar surface area (TPSA) is 64.0 Å². The molecule has 1 atom stereocenters. The van der Waals surface area contributed by atoms with Crippen molar-refractivity contribution in [2.75, 3.05) is 18.6 Å². The summed E-state index contributed by atoms with van der Waals surface area (Å²) in [7, 11) is -2.87. The molecule has 0 aromatic carbocycles. The molecule has 17 heavy (non-hydrogen) atoms. The molecule has 1 heterocycles. The molecule has 0 saturated carbocycles. The molecule has 0 fully saturated rings. The molecule has 1 unspecified atom stereocenters. The maximum absolute atomic E-state index is 11.0. The highest BCUT2D eigenvalue weighted by Crippen LogP contribution is 2.10. The Hall–Kier alpha value is -0.880. The molecule has 98 valence electrons. The lowest BCUT2D eigenvalue weighted by Gasteiger charge is -2.08. The predicted octanol–water partition coefficient (Wildman–Crippen LogP) is 0.988. The number of aryl methyl sites for hydroxylation is 1. The summed E-state index contributed by atoms with van der Waals surface area (Å²) >= 11 is 0. The van der Waals surface area contributed by atoms with Gasteiger partial charge in [0.2, 0.25) is 0 Å². The normalized spacial score (nSPS) is 13.8. The molecule has 0 amide bonds. The Bertz CT molecular complexity index is 439. The van der Waals surface area contributed by atoms with Crippen LogP contribution in [0.5, 0.6) is 0 Å². The Balaban J connectivity index is 2.46. The van der Waals surface area contributed by atoms with Gasteiger partial charge in [-0.2, -0.15) is 5.10 Å². The minimum atomic E-state index is -2.87. The standard InChI is InChI=1S/C11H21N3O2S/c1-4-12-10(2)11-8-13-14(9-11)6-5-7-17(3,15)16/h8-10,12H,4-7H2,1-3H3. The number of sulfone groups is 1. The molecule has 0 spiro atoms. The zero-order chi connectivity index (χ0) is 12.9. The van der Waals surface area contributed by atoms with E-state index in [9.17, 15) is 8.42 Å². The van der Waals surface area contributed by atoms with Crippen LogP contribution in [0.3, 0.4) is 0 Å². The van der Waals surface area contributed by atoms with E-state index in [-0.39, 0.29) is 11.8 Å². The van der Waals surface area contributed by atoms with E-state index in [0.717, 1.165) is 12.1 Å². The number of aromatic nitrogens is 2. The average Bonchev–Trinajstić information content (AvgIpc) is 2.65. The van der Waals surface area contributed by atoms with Gasteiger partial charge in [0.05, 0.1) is 11.9 Å². The van der Waals surface area contributed by atoms with Crippen LogP contribution < -0.4 is 5.32 Å². The van der Waals surface area contributed by atoms with Crippen molar-refractivity contribution in [3.8, 4) is 0 Å². The van der Waals surface area contributed by atoms with Crippen molar-refractivity contribution in [1.29, 1.82) is 0 Å². The summed E-state index contributed by atoms with van der Waals surface area (Å²) in [6.07, 6.45) is 5.66. The summed E-state index contributed by atoms with van der Waals surface area (Å²) in [6.45, 7) is 5.71. The quantitative estimate of drug-likeness (QED) is 0.793.